The first-order chi connectivity index (χ1) is 17.8. The van der Waals surface area contributed by atoms with E-state index in [9.17, 15) is 23.2 Å². The molecule has 0 saturated carbocycles. The van der Waals surface area contributed by atoms with Gasteiger partial charge in [0.25, 0.3) is 0 Å². The Bertz CT molecular complexity index is 1260. The Morgan fingerprint density at radius 3 is 2.57 bits per heavy atom. The Labute approximate surface area is 212 Å². The Balaban J connectivity index is 1.67. The minimum absolute atomic E-state index is 0.0144. The summed E-state index contributed by atoms with van der Waals surface area (Å²) in [4.78, 5) is 40.6. The molecule has 3 aromatic rings. The Hall–Kier alpha value is -4.12. The summed E-state index contributed by atoms with van der Waals surface area (Å²) in [5.41, 5.74) is 2.80. The summed E-state index contributed by atoms with van der Waals surface area (Å²) in [5, 5.41) is 5.52. The molecule has 0 aliphatic carbocycles. The normalized spacial score (nSPS) is 11.6. The SMILES string of the molecule is COC(=O)CCC[C@@H](COC(=O)Nc1cc2ccccc2cn1)N(NCc1cccc(F)c1F)C(C)=O. The number of carbonyl (C=O) groups is 3. The number of halogens is 2. The predicted molar refractivity (Wildman–Crippen MR) is 132 cm³/mol. The van der Waals surface area contributed by atoms with E-state index in [1.807, 2.05) is 24.3 Å². The van der Waals surface area contributed by atoms with Crippen molar-refractivity contribution in [3.63, 3.8) is 0 Å². The molecule has 0 radical (unpaired) electrons. The third kappa shape index (κ3) is 7.94. The molecule has 0 aliphatic heterocycles. The average molecular weight is 515 g/mol. The van der Waals surface area contributed by atoms with Gasteiger partial charge in [-0.2, -0.15) is 0 Å². The van der Waals surface area contributed by atoms with Crippen LogP contribution in [0.25, 0.3) is 10.8 Å². The second kappa shape index (κ2) is 13.3. The van der Waals surface area contributed by atoms with Gasteiger partial charge in [-0.25, -0.2) is 24.0 Å². The van der Waals surface area contributed by atoms with Gasteiger partial charge >= 0.3 is 12.1 Å². The molecule has 9 nitrogen and oxygen atoms in total. The highest BCUT2D eigenvalue weighted by Gasteiger charge is 2.24. The summed E-state index contributed by atoms with van der Waals surface area (Å²) in [6.07, 6.45) is 1.50. The maximum absolute atomic E-state index is 14.1. The van der Waals surface area contributed by atoms with Gasteiger partial charge < -0.3 is 9.47 Å². The molecule has 3 rings (SSSR count). The van der Waals surface area contributed by atoms with Crippen molar-refractivity contribution in [3.05, 3.63) is 71.9 Å². The molecule has 37 heavy (non-hydrogen) atoms. The predicted octanol–water partition coefficient (Wildman–Crippen LogP) is 4.33. The smallest absolute Gasteiger partial charge is 0.412 e. The Morgan fingerprint density at radius 2 is 1.84 bits per heavy atom. The molecule has 2 aromatic carbocycles. The van der Waals surface area contributed by atoms with E-state index in [-0.39, 0.29) is 37.4 Å². The molecule has 0 saturated heterocycles. The van der Waals surface area contributed by atoms with Crippen molar-refractivity contribution in [1.82, 2.24) is 15.4 Å². The number of hydrogen-bond donors (Lipinski definition) is 2. The van der Waals surface area contributed by atoms with E-state index < -0.39 is 35.6 Å². The van der Waals surface area contributed by atoms with Crippen LogP contribution in [0.2, 0.25) is 0 Å². The topological polar surface area (TPSA) is 110 Å². The molecule has 1 aromatic heterocycles. The van der Waals surface area contributed by atoms with Crippen LogP contribution in [0.3, 0.4) is 0 Å². The average Bonchev–Trinajstić information content (AvgIpc) is 2.88. The zero-order valence-corrected chi connectivity index (χ0v) is 20.5. The van der Waals surface area contributed by atoms with Crippen LogP contribution in [0, 0.1) is 11.6 Å². The fourth-order valence-corrected chi connectivity index (χ4v) is 3.69. The van der Waals surface area contributed by atoms with E-state index in [0.717, 1.165) is 16.8 Å². The number of anilines is 1. The van der Waals surface area contributed by atoms with E-state index in [1.165, 1.54) is 31.2 Å². The summed E-state index contributed by atoms with van der Waals surface area (Å²) in [6.45, 7) is 0.851. The lowest BCUT2D eigenvalue weighted by atomic mass is 10.1. The van der Waals surface area contributed by atoms with Crippen LogP contribution >= 0.6 is 0 Å². The van der Waals surface area contributed by atoms with Crippen LogP contribution < -0.4 is 10.7 Å². The minimum Gasteiger partial charge on any atom is -0.469 e. The fourth-order valence-electron chi connectivity index (χ4n) is 3.69. The highest BCUT2D eigenvalue weighted by Crippen LogP contribution is 2.17. The summed E-state index contributed by atoms with van der Waals surface area (Å²) in [5.74, 6) is -2.62. The van der Waals surface area contributed by atoms with Gasteiger partial charge in [0.2, 0.25) is 5.91 Å². The first-order valence-electron chi connectivity index (χ1n) is 11.6. The minimum atomic E-state index is -1.03. The number of ether oxygens (including phenoxy) is 2. The number of nitrogens with zero attached hydrogens (tertiary/aromatic N) is 2. The molecule has 196 valence electrons. The number of rotatable bonds is 11. The number of amides is 2. The molecule has 0 bridgehead atoms. The van der Waals surface area contributed by atoms with Crippen LogP contribution in [0.15, 0.2) is 54.7 Å². The molecule has 2 amide bonds. The number of methoxy groups -OCH3 is 1. The molecule has 0 aliphatic rings. The van der Waals surface area contributed by atoms with Crippen LogP contribution in [-0.4, -0.2) is 47.7 Å². The largest absolute Gasteiger partial charge is 0.469 e. The molecule has 0 fully saturated rings. The lowest BCUT2D eigenvalue weighted by molar-refractivity contribution is -0.140. The first kappa shape index (κ1) is 27.5. The molecule has 1 atom stereocenters. The van der Waals surface area contributed by atoms with Gasteiger partial charge in [-0.1, -0.05) is 36.4 Å². The van der Waals surface area contributed by atoms with Gasteiger partial charge in [0.1, 0.15) is 12.4 Å². The van der Waals surface area contributed by atoms with E-state index >= 15 is 0 Å². The molecular formula is C26H28F2N4O5. The van der Waals surface area contributed by atoms with E-state index in [4.69, 9.17) is 4.74 Å². The molecule has 0 unspecified atom stereocenters. The maximum Gasteiger partial charge on any atom is 0.412 e. The number of hydrazine groups is 1. The molecular weight excluding hydrogens is 486 g/mol. The third-order valence-electron chi connectivity index (χ3n) is 5.59. The van der Waals surface area contributed by atoms with Crippen LogP contribution in [0.1, 0.15) is 31.7 Å². The molecule has 0 spiro atoms. The second-order valence-electron chi connectivity index (χ2n) is 8.20. The van der Waals surface area contributed by atoms with Crippen molar-refractivity contribution in [3.8, 4) is 0 Å². The number of benzene rings is 2. The van der Waals surface area contributed by atoms with Gasteiger partial charge in [0.05, 0.1) is 13.2 Å². The van der Waals surface area contributed by atoms with E-state index in [2.05, 4.69) is 20.5 Å². The number of fused-ring (bicyclic) bond motifs is 1. The van der Waals surface area contributed by atoms with E-state index in [0.29, 0.717) is 6.42 Å². The number of nitrogens with one attached hydrogen (secondary N) is 2. The van der Waals surface area contributed by atoms with Crippen LogP contribution in [0.4, 0.5) is 19.4 Å². The highest BCUT2D eigenvalue weighted by molar-refractivity contribution is 5.89. The van der Waals surface area contributed by atoms with Gasteiger partial charge in [0, 0.05) is 37.0 Å². The standard InChI is InChI=1S/C26H28F2N4O5/c1-17(33)32(30-15-20-9-5-11-22(27)25(20)28)21(10-6-12-24(34)36-2)16-37-26(35)31-23-13-18-7-3-4-8-19(18)14-29-23/h3-5,7-9,11,13-14,21,30H,6,10,12,15-16H2,1-2H3,(H,29,31,35)/t21-/m0/s1. The fraction of sp³-hybridized carbons (Fsp3) is 0.308. The van der Waals surface area contributed by atoms with Gasteiger partial charge in [-0.15, -0.1) is 0 Å². The molecule has 1 heterocycles. The summed E-state index contributed by atoms with van der Waals surface area (Å²) in [7, 11) is 1.27. The number of carbonyl (C=O) groups excluding carboxylic acids is 3. The highest BCUT2D eigenvalue weighted by atomic mass is 19.2. The number of pyridine rings is 1. The second-order valence-corrected chi connectivity index (χ2v) is 8.20. The lowest BCUT2D eigenvalue weighted by Crippen LogP contribution is -2.50. The number of aromatic nitrogens is 1. The summed E-state index contributed by atoms with van der Waals surface area (Å²) < 4.78 is 37.7. The quantitative estimate of drug-likeness (QED) is 0.290. The summed E-state index contributed by atoms with van der Waals surface area (Å²) >= 11 is 0. The van der Waals surface area contributed by atoms with Gasteiger partial charge in [0.15, 0.2) is 11.6 Å². The van der Waals surface area contributed by atoms with Crippen LogP contribution in [0.5, 0.6) is 0 Å². The van der Waals surface area contributed by atoms with Crippen LogP contribution in [-0.2, 0) is 25.6 Å². The van der Waals surface area contributed by atoms with Crippen molar-refractivity contribution in [2.24, 2.45) is 0 Å². The van der Waals surface area contributed by atoms with Gasteiger partial charge in [-0.3, -0.25) is 19.9 Å². The number of hydrogen-bond acceptors (Lipinski definition) is 7. The number of esters is 1. The summed E-state index contributed by atoms with van der Waals surface area (Å²) in [6, 6.07) is 12.2. The zero-order valence-electron chi connectivity index (χ0n) is 20.5. The molecule has 11 heteroatoms. The van der Waals surface area contributed by atoms with Crippen molar-refractivity contribution < 1.29 is 32.6 Å². The Kier molecular flexibility index (Phi) is 9.84. The van der Waals surface area contributed by atoms with Gasteiger partial charge in [-0.05, 0) is 30.4 Å². The first-order valence-corrected chi connectivity index (χ1v) is 11.6. The monoisotopic (exact) mass is 514 g/mol. The molecule has 2 N–H and O–H groups in total. The van der Waals surface area contributed by atoms with Crippen molar-refractivity contribution >= 4 is 34.6 Å². The van der Waals surface area contributed by atoms with Crippen molar-refractivity contribution in [1.29, 1.82) is 0 Å². The lowest BCUT2D eigenvalue weighted by Gasteiger charge is -2.31. The van der Waals surface area contributed by atoms with Crippen molar-refractivity contribution in [2.75, 3.05) is 19.0 Å². The maximum atomic E-state index is 14.1. The van der Waals surface area contributed by atoms with E-state index in [1.54, 1.807) is 12.3 Å². The Morgan fingerprint density at radius 1 is 1.08 bits per heavy atom. The third-order valence-corrected chi connectivity index (χ3v) is 5.59. The van der Waals surface area contributed by atoms with Crippen molar-refractivity contribution in [2.45, 2.75) is 38.8 Å². The zero-order chi connectivity index (χ0) is 26.8.